The van der Waals surface area contributed by atoms with E-state index in [4.69, 9.17) is 0 Å². The highest BCUT2D eigenvalue weighted by Gasteiger charge is 2.24. The van der Waals surface area contributed by atoms with Crippen molar-refractivity contribution < 1.29 is 18.6 Å². The highest BCUT2D eigenvalue weighted by Crippen LogP contribution is 2.21. The van der Waals surface area contributed by atoms with E-state index in [1.54, 1.807) is 16.8 Å². The molecule has 1 N–H and O–H groups in total. The Hall–Kier alpha value is -2.13. The van der Waals surface area contributed by atoms with Crippen LogP contribution in [0.2, 0.25) is 0 Å². The van der Waals surface area contributed by atoms with Crippen LogP contribution in [0.5, 0.6) is 5.75 Å². The molecule has 9 heteroatoms. The van der Waals surface area contributed by atoms with E-state index in [1.165, 1.54) is 12.1 Å². The summed E-state index contributed by atoms with van der Waals surface area (Å²) in [5.74, 6) is 0.720. The van der Waals surface area contributed by atoms with Gasteiger partial charge >= 0.3 is 6.61 Å². The number of aliphatic hydroxyl groups excluding tert-OH is 1. The number of hydrogen-bond acceptors (Lipinski definition) is 6. The lowest BCUT2D eigenvalue weighted by atomic mass is 10.0. The normalized spacial score (nSPS) is 18.9. The van der Waals surface area contributed by atoms with Crippen LogP contribution in [0.1, 0.15) is 25.1 Å². The number of ether oxygens (including phenoxy) is 1. The molecule has 0 bridgehead atoms. The van der Waals surface area contributed by atoms with Gasteiger partial charge in [-0.2, -0.15) is 13.5 Å². The first-order valence-corrected chi connectivity index (χ1v) is 7.85. The number of aromatic nitrogens is 4. The molecule has 2 aromatic rings. The first kappa shape index (κ1) is 16.7. The van der Waals surface area contributed by atoms with E-state index >= 15 is 0 Å². The van der Waals surface area contributed by atoms with E-state index in [2.05, 4.69) is 25.2 Å². The third-order valence-corrected chi connectivity index (χ3v) is 4.14. The number of halogens is 2. The Morgan fingerprint density at radius 2 is 2.04 bits per heavy atom. The minimum Gasteiger partial charge on any atom is -0.435 e. The number of benzene rings is 1. The lowest BCUT2D eigenvalue weighted by Crippen LogP contribution is -2.41. The van der Waals surface area contributed by atoms with Gasteiger partial charge in [0.05, 0.1) is 18.8 Å². The summed E-state index contributed by atoms with van der Waals surface area (Å²) in [7, 11) is 0. The Morgan fingerprint density at radius 1 is 1.25 bits per heavy atom. The summed E-state index contributed by atoms with van der Waals surface area (Å²) >= 11 is 0. The summed E-state index contributed by atoms with van der Waals surface area (Å²) in [5.41, 5.74) is 0.661. The minimum atomic E-state index is -2.85. The van der Waals surface area contributed by atoms with Crippen molar-refractivity contribution in [3.63, 3.8) is 0 Å². The summed E-state index contributed by atoms with van der Waals surface area (Å²) in [6.07, 6.45) is 3.15. The quantitative estimate of drug-likeness (QED) is 0.862. The molecular formula is C15H19F2N5O2. The molecule has 24 heavy (non-hydrogen) atoms. The van der Waals surface area contributed by atoms with Crippen LogP contribution in [0.25, 0.3) is 5.69 Å². The zero-order valence-corrected chi connectivity index (χ0v) is 13.1. The van der Waals surface area contributed by atoms with E-state index in [1.807, 2.05) is 0 Å². The second-order valence-corrected chi connectivity index (χ2v) is 5.68. The Kier molecular flexibility index (Phi) is 5.31. The maximum atomic E-state index is 12.2. The molecule has 1 aliphatic heterocycles. The molecule has 0 radical (unpaired) electrons. The fourth-order valence-corrected chi connectivity index (χ4v) is 2.93. The Morgan fingerprint density at radius 3 is 2.75 bits per heavy atom. The van der Waals surface area contributed by atoms with Crippen LogP contribution in [0.3, 0.4) is 0 Å². The number of aliphatic hydroxyl groups is 1. The van der Waals surface area contributed by atoms with Crippen molar-refractivity contribution in [2.45, 2.75) is 38.5 Å². The van der Waals surface area contributed by atoms with Gasteiger partial charge in [-0.1, -0.05) is 6.42 Å². The number of alkyl halides is 2. The zero-order chi connectivity index (χ0) is 16.9. The number of tetrazole rings is 1. The predicted molar refractivity (Wildman–Crippen MR) is 80.9 cm³/mol. The second kappa shape index (κ2) is 7.63. The van der Waals surface area contributed by atoms with Gasteiger partial charge < -0.3 is 9.84 Å². The number of piperidine rings is 1. The average molecular weight is 339 g/mol. The molecule has 0 saturated carbocycles. The van der Waals surface area contributed by atoms with Crippen molar-refractivity contribution >= 4 is 0 Å². The van der Waals surface area contributed by atoms with E-state index in [9.17, 15) is 13.9 Å². The third kappa shape index (κ3) is 3.85. The molecule has 0 spiro atoms. The molecule has 130 valence electrons. The van der Waals surface area contributed by atoms with Crippen molar-refractivity contribution in [3.8, 4) is 11.4 Å². The zero-order valence-electron chi connectivity index (χ0n) is 13.1. The average Bonchev–Trinajstić information content (AvgIpc) is 3.04. The molecule has 0 aliphatic carbocycles. The summed E-state index contributed by atoms with van der Waals surface area (Å²) in [5, 5.41) is 21.2. The summed E-state index contributed by atoms with van der Waals surface area (Å²) in [4.78, 5) is 2.17. The fourth-order valence-electron chi connectivity index (χ4n) is 2.93. The number of nitrogens with zero attached hydrogens (tertiary/aromatic N) is 5. The van der Waals surface area contributed by atoms with Gasteiger partial charge in [0.2, 0.25) is 0 Å². The van der Waals surface area contributed by atoms with Crippen LogP contribution in [0.15, 0.2) is 24.3 Å². The van der Waals surface area contributed by atoms with Crippen molar-refractivity contribution in [2.75, 3.05) is 13.2 Å². The van der Waals surface area contributed by atoms with E-state index in [0.717, 1.165) is 25.8 Å². The van der Waals surface area contributed by atoms with Gasteiger partial charge in [-0.3, -0.25) is 4.90 Å². The van der Waals surface area contributed by atoms with Gasteiger partial charge in [0.15, 0.2) is 5.82 Å². The smallest absolute Gasteiger partial charge is 0.387 e. The molecule has 0 amide bonds. The van der Waals surface area contributed by atoms with E-state index in [0.29, 0.717) is 18.1 Å². The van der Waals surface area contributed by atoms with Crippen molar-refractivity contribution in [3.05, 3.63) is 30.1 Å². The lowest BCUT2D eigenvalue weighted by Gasteiger charge is -2.33. The van der Waals surface area contributed by atoms with Crippen molar-refractivity contribution in [2.24, 2.45) is 0 Å². The SMILES string of the molecule is OC[C@@H]1CCCCN1Cc1nnnn1-c1ccc(OC(F)F)cc1. The molecule has 1 saturated heterocycles. The Labute approximate surface area is 137 Å². The predicted octanol–water partition coefficient (Wildman–Crippen LogP) is 1.61. The summed E-state index contributed by atoms with van der Waals surface area (Å²) in [6.45, 7) is -1.33. The van der Waals surface area contributed by atoms with Crippen molar-refractivity contribution in [1.29, 1.82) is 0 Å². The van der Waals surface area contributed by atoms with Crippen LogP contribution in [-0.2, 0) is 6.54 Å². The molecule has 7 nitrogen and oxygen atoms in total. The Bertz CT molecular complexity index is 650. The van der Waals surface area contributed by atoms with Crippen LogP contribution in [0, 0.1) is 0 Å². The number of rotatable bonds is 6. The van der Waals surface area contributed by atoms with Gasteiger partial charge in [-0.15, -0.1) is 5.10 Å². The highest BCUT2D eigenvalue weighted by atomic mass is 19.3. The largest absolute Gasteiger partial charge is 0.435 e. The minimum absolute atomic E-state index is 0.0831. The first-order valence-electron chi connectivity index (χ1n) is 7.85. The van der Waals surface area contributed by atoms with E-state index in [-0.39, 0.29) is 18.4 Å². The monoisotopic (exact) mass is 339 g/mol. The van der Waals surface area contributed by atoms with Crippen molar-refractivity contribution in [1.82, 2.24) is 25.1 Å². The molecule has 1 aromatic carbocycles. The molecule has 1 atom stereocenters. The van der Waals surface area contributed by atoms with Gasteiger partial charge in [0, 0.05) is 6.04 Å². The molecule has 2 heterocycles. The fraction of sp³-hybridized carbons (Fsp3) is 0.533. The van der Waals surface area contributed by atoms with Gasteiger partial charge in [-0.05, 0) is 54.1 Å². The van der Waals surface area contributed by atoms with Crippen LogP contribution >= 0.6 is 0 Å². The maximum Gasteiger partial charge on any atom is 0.387 e. The molecule has 1 aromatic heterocycles. The standard InChI is InChI=1S/C15H19F2N5O2/c16-15(17)24-13-6-4-11(5-7-13)22-14(18-19-20-22)9-21-8-2-1-3-12(21)10-23/h4-7,12,15,23H,1-3,8-10H2/t12-/m0/s1. The third-order valence-electron chi connectivity index (χ3n) is 4.14. The molecule has 0 unspecified atom stereocenters. The van der Waals surface area contributed by atoms with E-state index < -0.39 is 6.61 Å². The van der Waals surface area contributed by atoms with Crippen LogP contribution in [-0.4, -0.2) is 56.0 Å². The first-order chi connectivity index (χ1) is 11.7. The molecule has 1 aliphatic rings. The topological polar surface area (TPSA) is 76.3 Å². The lowest BCUT2D eigenvalue weighted by molar-refractivity contribution is -0.0498. The summed E-state index contributed by atoms with van der Waals surface area (Å²) in [6, 6.07) is 6.26. The molecule has 3 rings (SSSR count). The van der Waals surface area contributed by atoms with Gasteiger partial charge in [-0.25, -0.2) is 0 Å². The maximum absolute atomic E-state index is 12.2. The number of likely N-dealkylation sites (tertiary alicyclic amines) is 1. The van der Waals surface area contributed by atoms with Gasteiger partial charge in [0.25, 0.3) is 0 Å². The van der Waals surface area contributed by atoms with Gasteiger partial charge in [0.1, 0.15) is 5.75 Å². The molecular weight excluding hydrogens is 320 g/mol. The highest BCUT2D eigenvalue weighted by molar-refractivity contribution is 5.37. The Balaban J connectivity index is 1.75. The van der Waals surface area contributed by atoms with Crippen LogP contribution < -0.4 is 4.74 Å². The molecule has 1 fully saturated rings. The van der Waals surface area contributed by atoms with Crippen LogP contribution in [0.4, 0.5) is 8.78 Å². The summed E-state index contributed by atoms with van der Waals surface area (Å²) < 4.78 is 30.3. The second-order valence-electron chi connectivity index (χ2n) is 5.68. The number of hydrogen-bond donors (Lipinski definition) is 1.